The van der Waals surface area contributed by atoms with E-state index in [9.17, 15) is 9.59 Å². The van der Waals surface area contributed by atoms with E-state index < -0.39 is 0 Å². The summed E-state index contributed by atoms with van der Waals surface area (Å²) < 4.78 is 4.80. The number of thiazole rings is 1. The number of hydrogen-bond acceptors (Lipinski definition) is 6. The summed E-state index contributed by atoms with van der Waals surface area (Å²) in [7, 11) is 1.38. The largest absolute Gasteiger partial charge is 0.468 e. The summed E-state index contributed by atoms with van der Waals surface area (Å²) in [5.41, 5.74) is 0.885. The third kappa shape index (κ3) is 3.77. The predicted molar refractivity (Wildman–Crippen MR) is 76.7 cm³/mol. The number of nitrogens with zero attached hydrogens (tertiary/aromatic N) is 2. The summed E-state index contributed by atoms with van der Waals surface area (Å²) in [4.78, 5) is 29.8. The van der Waals surface area contributed by atoms with Crippen molar-refractivity contribution in [3.8, 4) is 0 Å². The number of aryl methyl sites for hydroxylation is 1. The van der Waals surface area contributed by atoms with Crippen molar-refractivity contribution in [1.29, 1.82) is 0 Å². The fourth-order valence-electron chi connectivity index (χ4n) is 2.34. The second-order valence-corrected chi connectivity index (χ2v) is 5.71. The summed E-state index contributed by atoms with van der Waals surface area (Å²) in [6, 6.07) is -0.308. The SMILES string of the molecule is COC(=O)C1CCCCN1CC(=O)Nc1nc(C)cs1. The van der Waals surface area contributed by atoms with Gasteiger partial charge in [-0.3, -0.25) is 14.5 Å². The van der Waals surface area contributed by atoms with Crippen molar-refractivity contribution in [3.05, 3.63) is 11.1 Å². The lowest BCUT2D eigenvalue weighted by molar-refractivity contribution is -0.148. The molecule has 2 heterocycles. The lowest BCUT2D eigenvalue weighted by Gasteiger charge is -2.32. The van der Waals surface area contributed by atoms with Gasteiger partial charge in [-0.05, 0) is 26.3 Å². The van der Waals surface area contributed by atoms with Crippen LogP contribution in [-0.2, 0) is 14.3 Å². The van der Waals surface area contributed by atoms with E-state index in [0.717, 1.165) is 31.5 Å². The molecule has 6 nitrogen and oxygen atoms in total. The number of piperidine rings is 1. The van der Waals surface area contributed by atoms with Crippen LogP contribution in [0.5, 0.6) is 0 Å². The Kier molecular flexibility index (Phi) is 5.08. The first-order chi connectivity index (χ1) is 9.60. The number of methoxy groups -OCH3 is 1. The molecule has 1 aromatic heterocycles. The van der Waals surface area contributed by atoms with Gasteiger partial charge in [0.15, 0.2) is 5.13 Å². The summed E-state index contributed by atoms with van der Waals surface area (Å²) in [5, 5.41) is 5.24. The number of ether oxygens (including phenoxy) is 1. The summed E-state index contributed by atoms with van der Waals surface area (Å²) in [6.45, 7) is 2.81. The van der Waals surface area contributed by atoms with E-state index in [1.807, 2.05) is 17.2 Å². The van der Waals surface area contributed by atoms with Crippen molar-refractivity contribution in [2.24, 2.45) is 0 Å². The van der Waals surface area contributed by atoms with Crippen molar-refractivity contribution in [2.45, 2.75) is 32.2 Å². The third-order valence-electron chi connectivity index (χ3n) is 3.30. The molecule has 1 fully saturated rings. The zero-order valence-electron chi connectivity index (χ0n) is 11.7. The Morgan fingerprint density at radius 3 is 3.00 bits per heavy atom. The van der Waals surface area contributed by atoms with Crippen LogP contribution in [0.15, 0.2) is 5.38 Å². The second kappa shape index (κ2) is 6.81. The van der Waals surface area contributed by atoms with Crippen LogP contribution in [-0.4, -0.2) is 48.0 Å². The molecule has 0 saturated carbocycles. The number of hydrogen-bond donors (Lipinski definition) is 1. The van der Waals surface area contributed by atoms with Crippen LogP contribution in [0.2, 0.25) is 0 Å². The summed E-state index contributed by atoms with van der Waals surface area (Å²) >= 11 is 1.40. The van der Waals surface area contributed by atoms with Gasteiger partial charge < -0.3 is 10.1 Å². The van der Waals surface area contributed by atoms with Gasteiger partial charge in [-0.1, -0.05) is 6.42 Å². The standard InChI is InChI=1S/C13H19N3O3S/c1-9-8-20-13(14-9)15-11(17)7-16-6-4-3-5-10(16)12(18)19-2/h8,10H,3-7H2,1-2H3,(H,14,15,17). The molecule has 1 aromatic rings. The molecular weight excluding hydrogens is 278 g/mol. The highest BCUT2D eigenvalue weighted by Crippen LogP contribution is 2.19. The maximum absolute atomic E-state index is 12.0. The topological polar surface area (TPSA) is 71.5 Å². The van der Waals surface area contributed by atoms with Crippen LogP contribution in [0.25, 0.3) is 0 Å². The van der Waals surface area contributed by atoms with Crippen LogP contribution in [0, 0.1) is 6.92 Å². The zero-order chi connectivity index (χ0) is 14.5. The van der Waals surface area contributed by atoms with Crippen LogP contribution < -0.4 is 5.32 Å². The average molecular weight is 297 g/mol. The Bertz CT molecular complexity index is 489. The first-order valence-electron chi connectivity index (χ1n) is 6.64. The van der Waals surface area contributed by atoms with Gasteiger partial charge in [0.1, 0.15) is 6.04 Å². The van der Waals surface area contributed by atoms with Crippen molar-refractivity contribution >= 4 is 28.3 Å². The van der Waals surface area contributed by atoms with E-state index in [0.29, 0.717) is 5.13 Å². The Morgan fingerprint density at radius 2 is 2.35 bits per heavy atom. The fraction of sp³-hybridized carbons (Fsp3) is 0.615. The molecular formula is C13H19N3O3S. The van der Waals surface area contributed by atoms with E-state index in [4.69, 9.17) is 4.74 Å². The highest BCUT2D eigenvalue weighted by Gasteiger charge is 2.30. The zero-order valence-corrected chi connectivity index (χ0v) is 12.5. The van der Waals surface area contributed by atoms with Gasteiger partial charge in [0.05, 0.1) is 19.3 Å². The highest BCUT2D eigenvalue weighted by atomic mass is 32.1. The molecule has 1 N–H and O–H groups in total. The molecule has 1 aliphatic rings. The number of aromatic nitrogens is 1. The van der Waals surface area contributed by atoms with Crippen LogP contribution in [0.4, 0.5) is 5.13 Å². The van der Waals surface area contributed by atoms with Gasteiger partial charge in [-0.2, -0.15) is 0 Å². The van der Waals surface area contributed by atoms with Gasteiger partial charge >= 0.3 is 5.97 Å². The van der Waals surface area contributed by atoms with E-state index >= 15 is 0 Å². The molecule has 0 radical (unpaired) electrons. The Morgan fingerprint density at radius 1 is 1.55 bits per heavy atom. The smallest absolute Gasteiger partial charge is 0.323 e. The molecule has 7 heteroatoms. The Hall–Kier alpha value is -1.47. The van der Waals surface area contributed by atoms with E-state index in [2.05, 4.69) is 10.3 Å². The molecule has 0 spiro atoms. The fourth-order valence-corrected chi connectivity index (χ4v) is 3.04. The number of carbonyl (C=O) groups is 2. The number of amides is 1. The molecule has 1 atom stereocenters. The van der Waals surface area contributed by atoms with E-state index in [1.165, 1.54) is 18.4 Å². The van der Waals surface area contributed by atoms with Crippen LogP contribution >= 0.6 is 11.3 Å². The number of esters is 1. The first kappa shape index (κ1) is 14.9. The van der Waals surface area contributed by atoms with E-state index in [1.54, 1.807) is 0 Å². The lowest BCUT2D eigenvalue weighted by Crippen LogP contribution is -2.48. The van der Waals surface area contributed by atoms with Crippen LogP contribution in [0.1, 0.15) is 25.0 Å². The molecule has 1 unspecified atom stereocenters. The van der Waals surface area contributed by atoms with Crippen molar-refractivity contribution in [1.82, 2.24) is 9.88 Å². The predicted octanol–water partition coefficient (Wildman–Crippen LogP) is 1.42. The maximum atomic E-state index is 12.0. The minimum atomic E-state index is -0.308. The van der Waals surface area contributed by atoms with Gasteiger partial charge in [0.2, 0.25) is 5.91 Å². The quantitative estimate of drug-likeness (QED) is 0.851. The average Bonchev–Trinajstić information content (AvgIpc) is 2.83. The minimum Gasteiger partial charge on any atom is -0.468 e. The van der Waals surface area contributed by atoms with Crippen molar-refractivity contribution in [2.75, 3.05) is 25.5 Å². The van der Waals surface area contributed by atoms with Gasteiger partial charge in [-0.25, -0.2) is 4.98 Å². The number of anilines is 1. The monoisotopic (exact) mass is 297 g/mol. The molecule has 1 aliphatic heterocycles. The number of nitrogens with one attached hydrogen (secondary N) is 1. The normalized spacial score (nSPS) is 19.6. The molecule has 0 aromatic carbocycles. The van der Waals surface area contributed by atoms with Crippen molar-refractivity contribution in [3.63, 3.8) is 0 Å². The van der Waals surface area contributed by atoms with Crippen molar-refractivity contribution < 1.29 is 14.3 Å². The van der Waals surface area contributed by atoms with Gasteiger partial charge in [0, 0.05) is 5.38 Å². The number of carbonyl (C=O) groups excluding carboxylic acids is 2. The van der Waals surface area contributed by atoms with E-state index in [-0.39, 0.29) is 24.5 Å². The first-order valence-corrected chi connectivity index (χ1v) is 7.52. The molecule has 110 valence electrons. The maximum Gasteiger partial charge on any atom is 0.323 e. The molecule has 0 bridgehead atoms. The highest BCUT2D eigenvalue weighted by molar-refractivity contribution is 7.13. The minimum absolute atomic E-state index is 0.143. The van der Waals surface area contributed by atoms with Gasteiger partial charge in [0.25, 0.3) is 0 Å². The Balaban J connectivity index is 1.92. The number of likely N-dealkylation sites (tertiary alicyclic amines) is 1. The Labute approximate surface area is 122 Å². The van der Waals surface area contributed by atoms with Gasteiger partial charge in [-0.15, -0.1) is 11.3 Å². The van der Waals surface area contributed by atoms with Crippen LogP contribution in [0.3, 0.4) is 0 Å². The molecule has 2 rings (SSSR count). The lowest BCUT2D eigenvalue weighted by atomic mass is 10.0. The molecule has 1 amide bonds. The molecule has 1 saturated heterocycles. The molecule has 20 heavy (non-hydrogen) atoms. The summed E-state index contributed by atoms with van der Waals surface area (Å²) in [5.74, 6) is -0.405. The summed E-state index contributed by atoms with van der Waals surface area (Å²) in [6.07, 6.45) is 2.73. The molecule has 0 aliphatic carbocycles. The second-order valence-electron chi connectivity index (χ2n) is 4.85. The third-order valence-corrected chi connectivity index (χ3v) is 4.17. The number of rotatable bonds is 4.